The van der Waals surface area contributed by atoms with Gasteiger partial charge in [-0.15, -0.1) is 0 Å². The van der Waals surface area contributed by atoms with Crippen molar-refractivity contribution in [2.45, 2.75) is 13.0 Å². The van der Waals surface area contributed by atoms with Gasteiger partial charge in [-0.25, -0.2) is 0 Å². The summed E-state index contributed by atoms with van der Waals surface area (Å²) in [5, 5.41) is 2.40. The molecule has 0 atom stereocenters. The van der Waals surface area contributed by atoms with E-state index in [1.807, 2.05) is 0 Å². The molecule has 1 heterocycles. The summed E-state index contributed by atoms with van der Waals surface area (Å²) in [6, 6.07) is 3.05. The van der Waals surface area contributed by atoms with Gasteiger partial charge >= 0.3 is 5.97 Å². The lowest BCUT2D eigenvalue weighted by Crippen LogP contribution is -2.31. The minimum Gasteiger partial charge on any atom is -0.468 e. The van der Waals surface area contributed by atoms with E-state index in [9.17, 15) is 14.4 Å². The van der Waals surface area contributed by atoms with Crippen molar-refractivity contribution in [2.24, 2.45) is 0 Å². The van der Waals surface area contributed by atoms with E-state index in [1.54, 1.807) is 12.3 Å². The Bertz CT molecular complexity index is 498. The highest BCUT2D eigenvalue weighted by Gasteiger charge is 2.06. The number of nitrogens with zero attached hydrogens (tertiary/aromatic N) is 1. The first-order valence-electron chi connectivity index (χ1n) is 5.22. The molecule has 0 unspecified atom stereocenters. The quantitative estimate of drug-likeness (QED) is 0.792. The number of aryl methyl sites for hydroxylation is 1. The first kappa shape index (κ1) is 14.4. The Balaban J connectivity index is 2.45. The zero-order valence-corrected chi connectivity index (χ0v) is 11.4. The van der Waals surface area contributed by atoms with Gasteiger partial charge in [-0.2, -0.15) is 0 Å². The molecule has 0 spiro atoms. The smallest absolute Gasteiger partial charge is 0.325 e. The molecule has 1 aromatic rings. The molecule has 0 saturated heterocycles. The molecule has 18 heavy (non-hydrogen) atoms. The van der Waals surface area contributed by atoms with E-state index in [2.05, 4.69) is 26.0 Å². The first-order valence-corrected chi connectivity index (χ1v) is 6.01. The molecule has 0 fully saturated rings. The SMILES string of the molecule is COC(=O)CNC(=O)CCn1cc(Br)ccc1=O. The van der Waals surface area contributed by atoms with E-state index < -0.39 is 5.97 Å². The summed E-state index contributed by atoms with van der Waals surface area (Å²) >= 11 is 3.24. The monoisotopic (exact) mass is 316 g/mol. The number of nitrogens with one attached hydrogen (secondary N) is 1. The Morgan fingerprint density at radius 1 is 1.44 bits per heavy atom. The summed E-state index contributed by atoms with van der Waals surface area (Å²) in [4.78, 5) is 33.6. The second kappa shape index (κ2) is 6.95. The average molecular weight is 317 g/mol. The zero-order valence-electron chi connectivity index (χ0n) is 9.81. The minimum absolute atomic E-state index is 0.118. The van der Waals surface area contributed by atoms with Crippen LogP contribution in [0.5, 0.6) is 0 Å². The number of amides is 1. The largest absolute Gasteiger partial charge is 0.468 e. The van der Waals surface area contributed by atoms with E-state index >= 15 is 0 Å². The standard InChI is InChI=1S/C11H13BrN2O4/c1-18-11(17)6-13-9(15)4-5-14-7-8(12)2-3-10(14)16/h2-3,7H,4-6H2,1H3,(H,13,15). The minimum atomic E-state index is -0.511. The van der Waals surface area contributed by atoms with Crippen molar-refractivity contribution in [1.29, 1.82) is 0 Å². The molecule has 1 rings (SSSR count). The van der Waals surface area contributed by atoms with Gasteiger partial charge in [-0.1, -0.05) is 0 Å². The van der Waals surface area contributed by atoms with Gasteiger partial charge in [0, 0.05) is 29.7 Å². The van der Waals surface area contributed by atoms with Crippen LogP contribution in [0.4, 0.5) is 0 Å². The Hall–Kier alpha value is -1.63. The van der Waals surface area contributed by atoms with Crippen LogP contribution < -0.4 is 10.9 Å². The van der Waals surface area contributed by atoms with Crippen LogP contribution >= 0.6 is 15.9 Å². The van der Waals surface area contributed by atoms with Crippen molar-refractivity contribution in [1.82, 2.24) is 9.88 Å². The predicted octanol–water partition coefficient (Wildman–Crippen LogP) is 0.290. The molecule has 1 N–H and O–H groups in total. The molecule has 98 valence electrons. The number of aromatic nitrogens is 1. The van der Waals surface area contributed by atoms with Gasteiger partial charge in [0.1, 0.15) is 6.54 Å². The van der Waals surface area contributed by atoms with Crippen LogP contribution in [0, 0.1) is 0 Å². The van der Waals surface area contributed by atoms with Crippen LogP contribution in [-0.2, 0) is 20.9 Å². The lowest BCUT2D eigenvalue weighted by Gasteiger charge is -2.06. The van der Waals surface area contributed by atoms with E-state index in [0.29, 0.717) is 0 Å². The molecule has 0 bridgehead atoms. The number of esters is 1. The third-order valence-corrected chi connectivity index (χ3v) is 2.65. The number of ether oxygens (including phenoxy) is 1. The fraction of sp³-hybridized carbons (Fsp3) is 0.364. The molecule has 0 aliphatic heterocycles. The molecule has 0 saturated carbocycles. The van der Waals surface area contributed by atoms with E-state index in [-0.39, 0.29) is 31.0 Å². The van der Waals surface area contributed by atoms with Crippen LogP contribution in [-0.4, -0.2) is 30.1 Å². The molecule has 0 aromatic carbocycles. The number of methoxy groups -OCH3 is 1. The number of carbonyl (C=O) groups excluding carboxylic acids is 2. The summed E-state index contributed by atoms with van der Waals surface area (Å²) in [6.07, 6.45) is 1.73. The summed E-state index contributed by atoms with van der Waals surface area (Å²) in [7, 11) is 1.25. The maximum atomic E-state index is 11.4. The second-order valence-corrected chi connectivity index (χ2v) is 4.40. The van der Waals surface area contributed by atoms with Crippen molar-refractivity contribution in [3.05, 3.63) is 33.2 Å². The van der Waals surface area contributed by atoms with Crippen molar-refractivity contribution in [3.63, 3.8) is 0 Å². The summed E-state index contributed by atoms with van der Waals surface area (Å²) in [5.74, 6) is -0.824. The molecule has 1 amide bonds. The molecular formula is C11H13BrN2O4. The molecule has 0 radical (unpaired) electrons. The van der Waals surface area contributed by atoms with Gasteiger partial charge in [0.05, 0.1) is 7.11 Å². The van der Waals surface area contributed by atoms with Crippen LogP contribution in [0.2, 0.25) is 0 Å². The molecule has 1 aromatic heterocycles. The Morgan fingerprint density at radius 3 is 2.83 bits per heavy atom. The van der Waals surface area contributed by atoms with Crippen molar-refractivity contribution < 1.29 is 14.3 Å². The first-order chi connectivity index (χ1) is 8.52. The topological polar surface area (TPSA) is 77.4 Å². The van der Waals surface area contributed by atoms with E-state index in [4.69, 9.17) is 0 Å². The lowest BCUT2D eigenvalue weighted by atomic mass is 10.3. The highest BCUT2D eigenvalue weighted by Crippen LogP contribution is 2.05. The highest BCUT2D eigenvalue weighted by atomic mass is 79.9. The third kappa shape index (κ3) is 4.70. The number of pyridine rings is 1. The molecule has 6 nitrogen and oxygen atoms in total. The average Bonchev–Trinajstić information content (AvgIpc) is 2.36. The van der Waals surface area contributed by atoms with Gasteiger partial charge in [0.25, 0.3) is 5.56 Å². The number of hydrogen-bond donors (Lipinski definition) is 1. The molecule has 0 aliphatic carbocycles. The predicted molar refractivity (Wildman–Crippen MR) is 68.0 cm³/mol. The fourth-order valence-corrected chi connectivity index (χ4v) is 1.61. The maximum Gasteiger partial charge on any atom is 0.325 e. The molecule has 7 heteroatoms. The maximum absolute atomic E-state index is 11.4. The van der Waals surface area contributed by atoms with Crippen molar-refractivity contribution >= 4 is 27.8 Å². The van der Waals surface area contributed by atoms with Crippen LogP contribution in [0.25, 0.3) is 0 Å². The van der Waals surface area contributed by atoms with Gasteiger partial charge in [0.15, 0.2) is 0 Å². The van der Waals surface area contributed by atoms with Crippen LogP contribution in [0.3, 0.4) is 0 Å². The fourth-order valence-electron chi connectivity index (χ4n) is 1.23. The van der Waals surface area contributed by atoms with E-state index in [0.717, 1.165) is 4.47 Å². The normalized spacial score (nSPS) is 9.89. The van der Waals surface area contributed by atoms with Gasteiger partial charge in [0.2, 0.25) is 5.91 Å². The summed E-state index contributed by atoms with van der Waals surface area (Å²) in [5.41, 5.74) is -0.182. The second-order valence-electron chi connectivity index (χ2n) is 3.48. The number of halogens is 1. The molecule has 0 aliphatic rings. The van der Waals surface area contributed by atoms with E-state index in [1.165, 1.54) is 17.7 Å². The highest BCUT2D eigenvalue weighted by molar-refractivity contribution is 9.10. The van der Waals surface area contributed by atoms with Crippen LogP contribution in [0.1, 0.15) is 6.42 Å². The summed E-state index contributed by atoms with van der Waals surface area (Å²) in [6.45, 7) is 0.0913. The Labute approximate surface area is 112 Å². The third-order valence-electron chi connectivity index (χ3n) is 2.18. The van der Waals surface area contributed by atoms with Gasteiger partial charge in [-0.05, 0) is 22.0 Å². The van der Waals surface area contributed by atoms with Gasteiger partial charge < -0.3 is 14.6 Å². The van der Waals surface area contributed by atoms with Gasteiger partial charge in [-0.3, -0.25) is 14.4 Å². The van der Waals surface area contributed by atoms with Crippen LogP contribution in [0.15, 0.2) is 27.6 Å². The van der Waals surface area contributed by atoms with Crippen molar-refractivity contribution in [3.8, 4) is 0 Å². The zero-order chi connectivity index (χ0) is 13.5. The lowest BCUT2D eigenvalue weighted by molar-refractivity contribution is -0.141. The number of carbonyl (C=O) groups is 2. The molecular weight excluding hydrogens is 304 g/mol. The summed E-state index contributed by atoms with van der Waals surface area (Å²) < 4.78 is 6.56. The number of rotatable bonds is 5. The Morgan fingerprint density at radius 2 is 2.17 bits per heavy atom. The van der Waals surface area contributed by atoms with Crippen molar-refractivity contribution in [2.75, 3.05) is 13.7 Å². The Kier molecular flexibility index (Phi) is 5.57. The number of hydrogen-bond acceptors (Lipinski definition) is 4.